The van der Waals surface area contributed by atoms with Crippen LogP contribution in [0.25, 0.3) is 0 Å². The highest BCUT2D eigenvalue weighted by atomic mass is 19.4. The number of alkyl halides is 6. The fourth-order valence-corrected chi connectivity index (χ4v) is 2.68. The van der Waals surface area contributed by atoms with Crippen molar-refractivity contribution in [3.63, 3.8) is 0 Å². The predicted molar refractivity (Wildman–Crippen MR) is 65.8 cm³/mol. The minimum absolute atomic E-state index is 0.000315. The molecule has 0 amide bonds. The van der Waals surface area contributed by atoms with Crippen molar-refractivity contribution >= 4 is 0 Å². The summed E-state index contributed by atoms with van der Waals surface area (Å²) in [7, 11) is 0. The second kappa shape index (κ2) is 5.51. The topological polar surface area (TPSA) is 12.0 Å². The summed E-state index contributed by atoms with van der Waals surface area (Å²) < 4.78 is 76.0. The lowest BCUT2D eigenvalue weighted by atomic mass is 9.90. The van der Waals surface area contributed by atoms with Gasteiger partial charge in [0.2, 0.25) is 0 Å². The van der Waals surface area contributed by atoms with E-state index in [1.807, 2.05) is 0 Å². The van der Waals surface area contributed by atoms with Crippen LogP contribution in [0.15, 0.2) is 18.2 Å². The van der Waals surface area contributed by atoms with E-state index in [0.717, 1.165) is 12.1 Å². The van der Waals surface area contributed by atoms with Crippen molar-refractivity contribution in [3.8, 4) is 0 Å². The van der Waals surface area contributed by atoms with Crippen molar-refractivity contribution in [2.45, 2.75) is 50.6 Å². The van der Waals surface area contributed by atoms with Gasteiger partial charge in [-0.3, -0.25) is 5.32 Å². The van der Waals surface area contributed by atoms with Crippen LogP contribution in [0, 0.1) is 6.92 Å². The highest BCUT2D eigenvalue weighted by molar-refractivity contribution is 5.35. The van der Waals surface area contributed by atoms with Crippen molar-refractivity contribution < 1.29 is 26.3 Å². The van der Waals surface area contributed by atoms with Gasteiger partial charge in [-0.2, -0.15) is 26.3 Å². The fraction of sp³-hybridized carbons (Fsp3) is 0.571. The molecular formula is C14H15F6N. The third kappa shape index (κ3) is 3.70. The van der Waals surface area contributed by atoms with E-state index in [0.29, 0.717) is 24.0 Å². The maximum absolute atomic E-state index is 12.7. The number of nitrogens with one attached hydrogen (secondary N) is 1. The number of piperidine rings is 1. The zero-order chi connectivity index (χ0) is 15.8. The largest absolute Gasteiger partial charge is 0.416 e. The Kier molecular flexibility index (Phi) is 4.24. The molecule has 1 aromatic rings. The minimum Gasteiger partial charge on any atom is -0.299 e. The highest BCUT2D eigenvalue weighted by Crippen LogP contribution is 2.36. The smallest absolute Gasteiger partial charge is 0.299 e. The molecule has 1 aromatic carbocycles. The van der Waals surface area contributed by atoms with Gasteiger partial charge in [0.25, 0.3) is 0 Å². The van der Waals surface area contributed by atoms with Gasteiger partial charge in [0.1, 0.15) is 6.04 Å². The Bertz CT molecular complexity index is 505. The average Bonchev–Trinajstić information content (AvgIpc) is 2.36. The van der Waals surface area contributed by atoms with E-state index in [9.17, 15) is 26.3 Å². The fourth-order valence-electron chi connectivity index (χ4n) is 2.68. The van der Waals surface area contributed by atoms with Gasteiger partial charge in [-0.25, -0.2) is 0 Å². The second-order valence-electron chi connectivity index (χ2n) is 5.31. The Labute approximate surface area is 118 Å². The van der Waals surface area contributed by atoms with E-state index >= 15 is 0 Å². The van der Waals surface area contributed by atoms with Crippen LogP contribution in [0.1, 0.15) is 42.0 Å². The van der Waals surface area contributed by atoms with Crippen molar-refractivity contribution in [3.05, 3.63) is 34.9 Å². The molecule has 2 atom stereocenters. The van der Waals surface area contributed by atoms with E-state index in [4.69, 9.17) is 0 Å². The molecule has 1 aliphatic rings. The highest BCUT2D eigenvalue weighted by Gasteiger charge is 2.42. The summed E-state index contributed by atoms with van der Waals surface area (Å²) in [5.41, 5.74) is 0.0639. The maximum atomic E-state index is 12.7. The molecule has 118 valence electrons. The molecule has 0 aromatic heterocycles. The summed E-state index contributed by atoms with van der Waals surface area (Å²) in [4.78, 5) is 0. The van der Waals surface area contributed by atoms with Crippen molar-refractivity contribution in [2.24, 2.45) is 0 Å². The third-order valence-electron chi connectivity index (χ3n) is 3.76. The van der Waals surface area contributed by atoms with Crippen LogP contribution in [0.3, 0.4) is 0 Å². The van der Waals surface area contributed by atoms with Gasteiger partial charge >= 0.3 is 12.4 Å². The minimum atomic E-state index is -4.45. The van der Waals surface area contributed by atoms with Gasteiger partial charge in [-0.1, -0.05) is 6.07 Å². The van der Waals surface area contributed by atoms with Crippen molar-refractivity contribution in [2.75, 3.05) is 0 Å². The molecule has 1 saturated heterocycles. The summed E-state index contributed by atoms with van der Waals surface area (Å²) in [6.07, 6.45) is -7.91. The Morgan fingerprint density at radius 3 is 2.24 bits per heavy atom. The van der Waals surface area contributed by atoms with Crippen LogP contribution in [0.2, 0.25) is 0 Å². The summed E-state index contributed by atoms with van der Waals surface area (Å²) >= 11 is 0. The number of aryl methyl sites for hydroxylation is 1. The van der Waals surface area contributed by atoms with Crippen LogP contribution in [-0.2, 0) is 6.18 Å². The first-order valence-corrected chi connectivity index (χ1v) is 6.59. The van der Waals surface area contributed by atoms with Crippen molar-refractivity contribution in [1.82, 2.24) is 5.32 Å². The molecule has 1 fully saturated rings. The zero-order valence-electron chi connectivity index (χ0n) is 11.3. The van der Waals surface area contributed by atoms with Crippen LogP contribution in [-0.4, -0.2) is 12.2 Å². The molecule has 21 heavy (non-hydrogen) atoms. The Balaban J connectivity index is 2.22. The molecule has 0 radical (unpaired) electrons. The molecule has 1 N–H and O–H groups in total. The monoisotopic (exact) mass is 311 g/mol. The lowest BCUT2D eigenvalue weighted by Gasteiger charge is -2.33. The first-order valence-electron chi connectivity index (χ1n) is 6.59. The van der Waals surface area contributed by atoms with Crippen LogP contribution >= 0.6 is 0 Å². The number of rotatable bonds is 1. The first kappa shape index (κ1) is 16.1. The summed E-state index contributed by atoms with van der Waals surface area (Å²) in [5.74, 6) is 0. The molecule has 0 spiro atoms. The molecule has 0 aliphatic carbocycles. The molecule has 7 heteroatoms. The van der Waals surface area contributed by atoms with Gasteiger partial charge in [0.15, 0.2) is 0 Å². The molecular weight excluding hydrogens is 296 g/mol. The normalized spacial score (nSPS) is 24.1. The second-order valence-corrected chi connectivity index (χ2v) is 5.31. The third-order valence-corrected chi connectivity index (χ3v) is 3.76. The standard InChI is InChI=1S/C14H15F6N/c1-8-7-9(13(15,16)17)5-6-10(8)11-3-2-4-12(21-11)14(18,19)20/h5-7,11-12,21H,2-4H2,1H3. The van der Waals surface area contributed by atoms with E-state index in [1.54, 1.807) is 0 Å². The van der Waals surface area contributed by atoms with E-state index < -0.39 is 30.0 Å². The summed E-state index contributed by atoms with van der Waals surface area (Å²) in [6, 6.07) is 1.01. The van der Waals surface area contributed by atoms with Gasteiger partial charge in [-0.05, 0) is 49.4 Å². The van der Waals surface area contributed by atoms with Gasteiger partial charge < -0.3 is 0 Å². The molecule has 2 unspecified atom stereocenters. The molecule has 1 nitrogen and oxygen atoms in total. The van der Waals surface area contributed by atoms with Crippen LogP contribution in [0.4, 0.5) is 26.3 Å². The van der Waals surface area contributed by atoms with Gasteiger partial charge in [-0.15, -0.1) is 0 Å². The number of benzene rings is 1. The van der Waals surface area contributed by atoms with Gasteiger partial charge in [0.05, 0.1) is 5.56 Å². The molecule has 0 saturated carbocycles. The van der Waals surface area contributed by atoms with E-state index in [-0.39, 0.29) is 6.42 Å². The molecule has 1 heterocycles. The number of hydrogen-bond donors (Lipinski definition) is 1. The molecule has 2 rings (SSSR count). The Morgan fingerprint density at radius 1 is 1.05 bits per heavy atom. The number of hydrogen-bond acceptors (Lipinski definition) is 1. The lowest BCUT2D eigenvalue weighted by molar-refractivity contribution is -0.163. The van der Waals surface area contributed by atoms with Crippen LogP contribution < -0.4 is 5.32 Å². The molecule has 1 aliphatic heterocycles. The summed E-state index contributed by atoms with van der Waals surface area (Å²) in [5, 5.41) is 2.50. The maximum Gasteiger partial charge on any atom is 0.416 e. The van der Waals surface area contributed by atoms with Crippen LogP contribution in [0.5, 0.6) is 0 Å². The zero-order valence-corrected chi connectivity index (χ0v) is 11.3. The van der Waals surface area contributed by atoms with E-state index in [2.05, 4.69) is 5.32 Å². The average molecular weight is 311 g/mol. The van der Waals surface area contributed by atoms with Gasteiger partial charge in [0, 0.05) is 6.04 Å². The first-order chi connectivity index (χ1) is 9.59. The van der Waals surface area contributed by atoms with E-state index in [1.165, 1.54) is 13.0 Å². The predicted octanol–water partition coefficient (Wildman–Crippen LogP) is 4.76. The quantitative estimate of drug-likeness (QED) is 0.737. The Morgan fingerprint density at radius 2 is 1.71 bits per heavy atom. The SMILES string of the molecule is Cc1cc(C(F)(F)F)ccc1C1CCCC(C(F)(F)F)N1. The summed E-state index contributed by atoms with van der Waals surface area (Å²) in [6.45, 7) is 1.49. The Hall–Kier alpha value is -1.24. The number of halogens is 6. The lowest BCUT2D eigenvalue weighted by Crippen LogP contribution is -2.46. The van der Waals surface area contributed by atoms with Crippen molar-refractivity contribution in [1.29, 1.82) is 0 Å². The molecule has 0 bridgehead atoms.